The predicted octanol–water partition coefficient (Wildman–Crippen LogP) is 3.29. The number of nitrogens with zero attached hydrogens (tertiary/aromatic N) is 4. The second kappa shape index (κ2) is 7.72. The van der Waals surface area contributed by atoms with E-state index < -0.39 is 0 Å². The topological polar surface area (TPSA) is 95.1 Å². The van der Waals surface area contributed by atoms with Gasteiger partial charge in [-0.05, 0) is 38.0 Å². The third-order valence-electron chi connectivity index (χ3n) is 5.36. The largest absolute Gasteiger partial charge is 0.376 e. The Balaban J connectivity index is 1.43. The average molecular weight is 403 g/mol. The minimum atomic E-state index is -0.245. The van der Waals surface area contributed by atoms with Crippen molar-refractivity contribution in [3.8, 4) is 17.0 Å². The summed E-state index contributed by atoms with van der Waals surface area (Å²) in [5, 5.41) is 16.2. The van der Waals surface area contributed by atoms with Gasteiger partial charge < -0.3 is 14.6 Å². The average Bonchev–Trinajstić information content (AvgIpc) is 3.52. The first-order valence-electron chi connectivity index (χ1n) is 9.98. The van der Waals surface area contributed by atoms with Crippen molar-refractivity contribution in [3.63, 3.8) is 0 Å². The number of carbonyl (C=O) groups is 1. The Labute approximate surface area is 172 Å². The molecule has 0 spiro atoms. The lowest BCUT2D eigenvalue weighted by Crippen LogP contribution is -2.32. The number of benzene rings is 2. The fourth-order valence-corrected chi connectivity index (χ4v) is 3.74. The molecule has 4 aromatic rings. The van der Waals surface area contributed by atoms with Crippen LogP contribution in [0.3, 0.4) is 0 Å². The van der Waals surface area contributed by atoms with Gasteiger partial charge in [-0.15, -0.1) is 5.10 Å². The molecule has 1 amide bonds. The van der Waals surface area contributed by atoms with Gasteiger partial charge in [0.05, 0.1) is 22.9 Å². The maximum atomic E-state index is 12.6. The molecule has 30 heavy (non-hydrogen) atoms. The van der Waals surface area contributed by atoms with Crippen LogP contribution >= 0.6 is 0 Å². The van der Waals surface area contributed by atoms with Crippen molar-refractivity contribution in [1.29, 1.82) is 0 Å². The molecule has 1 fully saturated rings. The number of rotatable bonds is 5. The summed E-state index contributed by atoms with van der Waals surface area (Å²) in [6.45, 7) is 3.07. The van der Waals surface area contributed by atoms with Crippen LogP contribution in [0.25, 0.3) is 27.9 Å². The number of hydrogen-bond donors (Lipinski definition) is 1. The van der Waals surface area contributed by atoms with E-state index in [-0.39, 0.29) is 12.0 Å². The molecule has 152 valence electrons. The summed E-state index contributed by atoms with van der Waals surface area (Å²) in [5.41, 5.74) is 3.45. The fraction of sp³-hybridized carbons (Fsp3) is 0.273. The van der Waals surface area contributed by atoms with E-state index in [1.807, 2.05) is 55.5 Å². The Hall–Kier alpha value is -3.52. The van der Waals surface area contributed by atoms with Gasteiger partial charge in [-0.3, -0.25) is 4.79 Å². The van der Waals surface area contributed by atoms with Crippen LogP contribution in [0, 0.1) is 6.92 Å². The standard InChI is InChI=1S/C22H21N5O3/c1-14-20(22(28)23-13-17-8-5-11-29-17)24-26-27(14)16-9-10-19-18(12-16)21(30-25-19)15-6-3-2-4-7-15/h2-4,6-7,9-10,12,17H,5,8,11,13H2,1H3,(H,23,28). The third-order valence-corrected chi connectivity index (χ3v) is 5.36. The zero-order valence-corrected chi connectivity index (χ0v) is 16.5. The molecule has 2 aromatic heterocycles. The van der Waals surface area contributed by atoms with E-state index in [1.54, 1.807) is 4.68 Å². The number of carbonyl (C=O) groups excluding carboxylic acids is 1. The Bertz CT molecular complexity index is 1190. The quantitative estimate of drug-likeness (QED) is 0.549. The Morgan fingerprint density at radius 2 is 2.10 bits per heavy atom. The van der Waals surface area contributed by atoms with Crippen LogP contribution < -0.4 is 5.32 Å². The monoisotopic (exact) mass is 403 g/mol. The van der Waals surface area contributed by atoms with Crippen molar-refractivity contribution < 1.29 is 14.1 Å². The van der Waals surface area contributed by atoms with Crippen molar-refractivity contribution in [2.24, 2.45) is 0 Å². The molecule has 1 aliphatic heterocycles. The van der Waals surface area contributed by atoms with E-state index in [0.29, 0.717) is 23.7 Å². The Morgan fingerprint density at radius 3 is 2.90 bits per heavy atom. The first kappa shape index (κ1) is 18.5. The first-order chi connectivity index (χ1) is 14.7. The van der Waals surface area contributed by atoms with Crippen molar-refractivity contribution >= 4 is 16.8 Å². The first-order valence-corrected chi connectivity index (χ1v) is 9.98. The Morgan fingerprint density at radius 1 is 1.23 bits per heavy atom. The molecule has 5 rings (SSSR count). The van der Waals surface area contributed by atoms with Gasteiger partial charge in [0, 0.05) is 18.7 Å². The number of nitrogens with one attached hydrogen (secondary N) is 1. The van der Waals surface area contributed by atoms with Crippen LogP contribution in [0.15, 0.2) is 53.1 Å². The van der Waals surface area contributed by atoms with Crippen molar-refractivity contribution in [2.75, 3.05) is 13.2 Å². The summed E-state index contributed by atoms with van der Waals surface area (Å²) in [5.74, 6) is 0.449. The number of hydrogen-bond acceptors (Lipinski definition) is 6. The van der Waals surface area contributed by atoms with E-state index >= 15 is 0 Å². The van der Waals surface area contributed by atoms with E-state index in [1.165, 1.54) is 0 Å². The molecule has 1 atom stereocenters. The van der Waals surface area contributed by atoms with Gasteiger partial charge in [0.15, 0.2) is 11.5 Å². The minimum absolute atomic E-state index is 0.0803. The van der Waals surface area contributed by atoms with Crippen LogP contribution in [0.5, 0.6) is 0 Å². The number of amides is 1. The summed E-state index contributed by atoms with van der Waals surface area (Å²) in [4.78, 5) is 12.6. The maximum Gasteiger partial charge on any atom is 0.273 e. The molecule has 0 bridgehead atoms. The van der Waals surface area contributed by atoms with Crippen LogP contribution in [0.2, 0.25) is 0 Å². The minimum Gasteiger partial charge on any atom is -0.376 e. The van der Waals surface area contributed by atoms with Gasteiger partial charge in [0.1, 0.15) is 5.52 Å². The molecule has 1 aliphatic rings. The zero-order valence-electron chi connectivity index (χ0n) is 16.5. The van der Waals surface area contributed by atoms with E-state index in [4.69, 9.17) is 9.26 Å². The summed E-state index contributed by atoms with van der Waals surface area (Å²) in [6, 6.07) is 15.5. The molecular weight excluding hydrogens is 382 g/mol. The SMILES string of the molecule is Cc1c(C(=O)NCC2CCCO2)nnn1-c1ccc2noc(-c3ccccc3)c2c1. The molecule has 0 aliphatic carbocycles. The highest BCUT2D eigenvalue weighted by atomic mass is 16.5. The highest BCUT2D eigenvalue weighted by Gasteiger charge is 2.21. The molecule has 1 N–H and O–H groups in total. The summed E-state index contributed by atoms with van der Waals surface area (Å²) in [6.07, 6.45) is 2.08. The molecular formula is C22H21N5O3. The molecule has 1 unspecified atom stereocenters. The van der Waals surface area contributed by atoms with Crippen LogP contribution in [0.1, 0.15) is 29.0 Å². The molecule has 8 heteroatoms. The fourth-order valence-electron chi connectivity index (χ4n) is 3.74. The summed E-state index contributed by atoms with van der Waals surface area (Å²) >= 11 is 0. The van der Waals surface area contributed by atoms with Gasteiger partial charge in [0.25, 0.3) is 5.91 Å². The highest BCUT2D eigenvalue weighted by molar-refractivity contribution is 5.94. The normalized spacial score (nSPS) is 16.2. The third kappa shape index (κ3) is 3.35. The smallest absolute Gasteiger partial charge is 0.273 e. The van der Waals surface area contributed by atoms with Crippen LogP contribution in [0.4, 0.5) is 0 Å². The zero-order chi connectivity index (χ0) is 20.5. The number of ether oxygens (including phenoxy) is 1. The molecule has 3 heterocycles. The van der Waals surface area contributed by atoms with Gasteiger partial charge >= 0.3 is 0 Å². The lowest BCUT2D eigenvalue weighted by Gasteiger charge is -2.10. The van der Waals surface area contributed by atoms with Crippen molar-refractivity contribution in [2.45, 2.75) is 25.9 Å². The van der Waals surface area contributed by atoms with Gasteiger partial charge in [-0.2, -0.15) is 0 Å². The lowest BCUT2D eigenvalue weighted by molar-refractivity contribution is 0.0853. The van der Waals surface area contributed by atoms with Crippen molar-refractivity contribution in [1.82, 2.24) is 25.5 Å². The molecule has 1 saturated heterocycles. The Kier molecular flexibility index (Phi) is 4.76. The molecule has 2 aromatic carbocycles. The second-order valence-corrected chi connectivity index (χ2v) is 7.36. The van der Waals surface area contributed by atoms with Gasteiger partial charge in [-0.1, -0.05) is 40.7 Å². The van der Waals surface area contributed by atoms with Gasteiger partial charge in [-0.25, -0.2) is 4.68 Å². The number of aromatic nitrogens is 4. The van der Waals surface area contributed by atoms with Crippen LogP contribution in [-0.2, 0) is 4.74 Å². The molecule has 0 radical (unpaired) electrons. The summed E-state index contributed by atoms with van der Waals surface area (Å²) in [7, 11) is 0. The van der Waals surface area contributed by atoms with Gasteiger partial charge in [0.2, 0.25) is 0 Å². The summed E-state index contributed by atoms with van der Waals surface area (Å²) < 4.78 is 12.8. The van der Waals surface area contributed by atoms with E-state index in [2.05, 4.69) is 20.8 Å². The lowest BCUT2D eigenvalue weighted by atomic mass is 10.1. The predicted molar refractivity (Wildman–Crippen MR) is 110 cm³/mol. The molecule has 8 nitrogen and oxygen atoms in total. The second-order valence-electron chi connectivity index (χ2n) is 7.36. The van der Waals surface area contributed by atoms with E-state index in [0.717, 1.165) is 41.6 Å². The van der Waals surface area contributed by atoms with Crippen molar-refractivity contribution in [3.05, 3.63) is 59.9 Å². The molecule has 0 saturated carbocycles. The number of fused-ring (bicyclic) bond motifs is 1. The van der Waals surface area contributed by atoms with Crippen LogP contribution in [-0.4, -0.2) is 45.3 Å². The highest BCUT2D eigenvalue weighted by Crippen LogP contribution is 2.30. The van der Waals surface area contributed by atoms with E-state index in [9.17, 15) is 4.79 Å². The maximum absolute atomic E-state index is 12.6.